The zero-order valence-electron chi connectivity index (χ0n) is 20.9. The molecule has 1 heterocycles. The number of unbranched alkanes of at least 4 members (excludes halogenated alkanes) is 2. The SMILES string of the molecule is CCCC[N+](C)(C)C.CCCC[N+]1(C)CCCC1.C[N+](C)(C)CCCC(=O)O. The van der Waals surface area contributed by atoms with Gasteiger partial charge in [0.2, 0.25) is 0 Å². The molecular formula is C23H54N3O2+3. The first-order valence-corrected chi connectivity index (χ1v) is 11.4. The van der Waals surface area contributed by atoms with E-state index in [1.165, 1.54) is 69.2 Å². The summed E-state index contributed by atoms with van der Waals surface area (Å²) in [5, 5.41) is 8.30. The Morgan fingerprint density at radius 1 is 0.821 bits per heavy atom. The van der Waals surface area contributed by atoms with Gasteiger partial charge >= 0.3 is 5.97 Å². The normalized spacial score (nSPS) is 15.9. The van der Waals surface area contributed by atoms with E-state index < -0.39 is 5.97 Å². The van der Waals surface area contributed by atoms with Crippen molar-refractivity contribution in [3.8, 4) is 0 Å². The van der Waals surface area contributed by atoms with Crippen LogP contribution in [0.3, 0.4) is 0 Å². The van der Waals surface area contributed by atoms with Crippen LogP contribution in [-0.2, 0) is 4.79 Å². The van der Waals surface area contributed by atoms with Crippen molar-refractivity contribution in [2.45, 2.75) is 65.2 Å². The molecule has 0 spiro atoms. The predicted octanol–water partition coefficient (Wildman–Crippen LogP) is 4.08. The summed E-state index contributed by atoms with van der Waals surface area (Å²) in [6, 6.07) is 0. The maximum Gasteiger partial charge on any atom is 0.303 e. The first-order valence-electron chi connectivity index (χ1n) is 11.4. The maximum absolute atomic E-state index is 10.1. The zero-order chi connectivity index (χ0) is 22.3. The van der Waals surface area contributed by atoms with Crippen LogP contribution >= 0.6 is 0 Å². The van der Waals surface area contributed by atoms with Gasteiger partial charge in [0, 0.05) is 19.3 Å². The van der Waals surface area contributed by atoms with Crippen LogP contribution in [0.2, 0.25) is 0 Å². The molecule has 1 aliphatic rings. The minimum Gasteiger partial charge on any atom is -0.481 e. The standard InChI is InChI=1S/C9H20N.C7H15NO2.C7H18N/c1-3-4-7-10(2)8-5-6-9-10;1-8(2,3)6-4-5-7(9)10;1-5-6-7-8(2,3)4/h3-9H2,1-2H3;4-6H2,1-3H3;5-7H2,1-4H3/q+1;;+1/p+1. The van der Waals surface area contributed by atoms with Gasteiger partial charge in [-0.05, 0) is 12.8 Å². The van der Waals surface area contributed by atoms with Gasteiger partial charge in [0.15, 0.2) is 0 Å². The number of carboxylic acids is 1. The monoisotopic (exact) mass is 404 g/mol. The number of aliphatic carboxylic acids is 1. The Morgan fingerprint density at radius 2 is 1.25 bits per heavy atom. The number of likely N-dealkylation sites (tertiary alicyclic amines) is 1. The second kappa shape index (κ2) is 15.2. The van der Waals surface area contributed by atoms with Gasteiger partial charge in [-0.1, -0.05) is 26.7 Å². The first-order chi connectivity index (χ1) is 12.7. The number of rotatable bonds is 10. The van der Waals surface area contributed by atoms with E-state index in [1.54, 1.807) is 0 Å². The third-order valence-electron chi connectivity index (χ3n) is 5.10. The molecule has 0 aliphatic carbocycles. The molecule has 0 aromatic rings. The van der Waals surface area contributed by atoms with Crippen molar-refractivity contribution in [3.05, 3.63) is 0 Å². The summed E-state index contributed by atoms with van der Waals surface area (Å²) in [6.45, 7) is 11.0. The summed E-state index contributed by atoms with van der Waals surface area (Å²) in [7, 11) is 15.3. The van der Waals surface area contributed by atoms with Crippen molar-refractivity contribution in [3.63, 3.8) is 0 Å². The molecule has 0 unspecified atom stereocenters. The summed E-state index contributed by atoms with van der Waals surface area (Å²) in [4.78, 5) is 10.1. The number of hydrogen-bond donors (Lipinski definition) is 1. The lowest BCUT2D eigenvalue weighted by atomic mass is 10.3. The van der Waals surface area contributed by atoms with Crippen molar-refractivity contribution in [1.29, 1.82) is 0 Å². The smallest absolute Gasteiger partial charge is 0.303 e. The second-order valence-electron chi connectivity index (χ2n) is 10.7. The number of quaternary nitrogens is 3. The Hall–Kier alpha value is -0.650. The fourth-order valence-electron chi connectivity index (χ4n) is 3.20. The molecule has 5 nitrogen and oxygen atoms in total. The number of hydrogen-bond acceptors (Lipinski definition) is 1. The number of carbonyl (C=O) groups is 1. The molecule has 1 fully saturated rings. The molecule has 1 saturated heterocycles. The first kappa shape index (κ1) is 29.6. The van der Waals surface area contributed by atoms with Gasteiger partial charge in [0.05, 0.1) is 88.5 Å². The quantitative estimate of drug-likeness (QED) is 0.557. The summed E-state index contributed by atoms with van der Waals surface area (Å²) >= 11 is 0. The summed E-state index contributed by atoms with van der Waals surface area (Å²) < 4.78 is 3.30. The third-order valence-corrected chi connectivity index (χ3v) is 5.10. The van der Waals surface area contributed by atoms with E-state index in [0.717, 1.165) is 21.9 Å². The number of nitrogens with zero attached hydrogens (tertiary/aromatic N) is 3. The molecule has 5 heteroatoms. The molecule has 1 rings (SSSR count). The minimum absolute atomic E-state index is 0.287. The molecular weight excluding hydrogens is 350 g/mol. The van der Waals surface area contributed by atoms with Gasteiger partial charge in [-0.25, -0.2) is 0 Å². The van der Waals surface area contributed by atoms with Gasteiger partial charge < -0.3 is 18.6 Å². The van der Waals surface area contributed by atoms with E-state index in [4.69, 9.17) is 5.11 Å². The van der Waals surface area contributed by atoms with Crippen LogP contribution < -0.4 is 0 Å². The second-order valence-corrected chi connectivity index (χ2v) is 10.7. The van der Waals surface area contributed by atoms with Gasteiger partial charge in [-0.15, -0.1) is 0 Å². The average Bonchev–Trinajstić information content (AvgIpc) is 2.97. The lowest BCUT2D eigenvalue weighted by Gasteiger charge is -2.28. The van der Waals surface area contributed by atoms with Crippen LogP contribution in [-0.4, -0.2) is 107 Å². The molecule has 0 aromatic heterocycles. The summed E-state index contributed by atoms with van der Waals surface area (Å²) in [5.41, 5.74) is 0. The van der Waals surface area contributed by atoms with Crippen LogP contribution in [0.4, 0.5) is 0 Å². The van der Waals surface area contributed by atoms with E-state index in [-0.39, 0.29) is 6.42 Å². The topological polar surface area (TPSA) is 37.3 Å². The van der Waals surface area contributed by atoms with E-state index in [9.17, 15) is 4.79 Å². The molecule has 0 saturated carbocycles. The van der Waals surface area contributed by atoms with Crippen LogP contribution in [0.1, 0.15) is 65.2 Å². The fraction of sp³-hybridized carbons (Fsp3) is 0.957. The Bertz CT molecular complexity index is 378. The van der Waals surface area contributed by atoms with Gasteiger partial charge in [0.25, 0.3) is 0 Å². The van der Waals surface area contributed by atoms with Crippen LogP contribution in [0.25, 0.3) is 0 Å². The Labute approximate surface area is 177 Å². The number of carboxylic acid groups (broad SMARTS) is 1. The third kappa shape index (κ3) is 23.4. The Morgan fingerprint density at radius 3 is 1.57 bits per heavy atom. The van der Waals surface area contributed by atoms with Crippen LogP contribution in [0, 0.1) is 0 Å². The molecule has 0 atom stereocenters. The Kier molecular flexibility index (Phi) is 16.1. The molecule has 28 heavy (non-hydrogen) atoms. The molecule has 0 radical (unpaired) electrons. The van der Waals surface area contributed by atoms with Crippen LogP contribution in [0.15, 0.2) is 0 Å². The highest BCUT2D eigenvalue weighted by atomic mass is 16.4. The highest BCUT2D eigenvalue weighted by Crippen LogP contribution is 2.16. The van der Waals surface area contributed by atoms with Gasteiger partial charge in [-0.3, -0.25) is 4.79 Å². The van der Waals surface area contributed by atoms with Gasteiger partial charge in [0.1, 0.15) is 0 Å². The molecule has 0 amide bonds. The molecule has 0 bridgehead atoms. The lowest BCUT2D eigenvalue weighted by molar-refractivity contribution is -0.897. The predicted molar refractivity (Wildman–Crippen MR) is 123 cm³/mol. The molecule has 170 valence electrons. The fourth-order valence-corrected chi connectivity index (χ4v) is 3.20. The minimum atomic E-state index is -0.701. The van der Waals surface area contributed by atoms with Crippen molar-refractivity contribution < 1.29 is 23.4 Å². The van der Waals surface area contributed by atoms with E-state index in [2.05, 4.69) is 63.2 Å². The lowest BCUT2D eigenvalue weighted by Crippen LogP contribution is -2.41. The van der Waals surface area contributed by atoms with E-state index in [0.29, 0.717) is 0 Å². The Balaban J connectivity index is 0. The van der Waals surface area contributed by atoms with Gasteiger partial charge in [-0.2, -0.15) is 0 Å². The van der Waals surface area contributed by atoms with E-state index >= 15 is 0 Å². The molecule has 0 aromatic carbocycles. The highest BCUT2D eigenvalue weighted by molar-refractivity contribution is 5.66. The van der Waals surface area contributed by atoms with Crippen molar-refractivity contribution in [2.24, 2.45) is 0 Å². The van der Waals surface area contributed by atoms with Crippen LogP contribution in [0.5, 0.6) is 0 Å². The summed E-state index contributed by atoms with van der Waals surface area (Å²) in [6.07, 6.45) is 9.40. The molecule has 1 aliphatic heterocycles. The zero-order valence-corrected chi connectivity index (χ0v) is 20.9. The summed E-state index contributed by atoms with van der Waals surface area (Å²) in [5.74, 6) is -0.701. The van der Waals surface area contributed by atoms with Crippen molar-refractivity contribution in [2.75, 3.05) is 82.1 Å². The van der Waals surface area contributed by atoms with E-state index in [1.807, 2.05) is 0 Å². The van der Waals surface area contributed by atoms with Crippen molar-refractivity contribution in [1.82, 2.24) is 0 Å². The van der Waals surface area contributed by atoms with Crippen molar-refractivity contribution >= 4 is 5.97 Å². The average molecular weight is 405 g/mol. The highest BCUT2D eigenvalue weighted by Gasteiger charge is 2.25. The molecule has 1 N–H and O–H groups in total. The maximum atomic E-state index is 10.1. The largest absolute Gasteiger partial charge is 0.481 e.